The van der Waals surface area contributed by atoms with Crippen LogP contribution in [0.5, 0.6) is 0 Å². The molecule has 86 valence electrons. The van der Waals surface area contributed by atoms with Crippen LogP contribution in [-0.2, 0) is 0 Å². The van der Waals surface area contributed by atoms with Gasteiger partial charge < -0.3 is 5.32 Å². The van der Waals surface area contributed by atoms with Gasteiger partial charge in [-0.05, 0) is 30.7 Å². The maximum Gasteiger partial charge on any atom is 0.256 e. The number of nitrogens with zero attached hydrogens (tertiary/aromatic N) is 1. The molecule has 0 saturated carbocycles. The number of rotatable bonds is 2. The van der Waals surface area contributed by atoms with Gasteiger partial charge in [0.05, 0.1) is 17.4 Å². The molecule has 0 aliphatic carbocycles. The summed E-state index contributed by atoms with van der Waals surface area (Å²) in [5.41, 5.74) is 2.25. The lowest BCUT2D eigenvalue weighted by atomic mass is 10.2. The lowest BCUT2D eigenvalue weighted by molar-refractivity contribution is 0.102. The minimum Gasteiger partial charge on any atom is -0.320 e. The highest BCUT2D eigenvalue weighted by Crippen LogP contribution is 2.17. The molecule has 1 aromatic heterocycles. The number of benzene rings is 1. The van der Waals surface area contributed by atoms with Gasteiger partial charge in [0.15, 0.2) is 0 Å². The molecule has 1 heterocycles. The molecule has 0 atom stereocenters. The molecule has 1 N–H and O–H groups in total. The van der Waals surface area contributed by atoms with E-state index in [0.717, 1.165) is 5.56 Å². The monoisotopic (exact) mass is 244 g/mol. The third-order valence-corrected chi connectivity index (χ3v) is 2.83. The first-order chi connectivity index (χ1) is 8.18. The Morgan fingerprint density at radius 2 is 2.06 bits per heavy atom. The standard InChI is InChI=1S/C13H12N2OS/c1-9-6-7-14-8-11(9)15-13(16)10-4-2-3-5-12(10)17/h2-8,17H,1H3,(H,15,16). The number of aromatic nitrogens is 1. The summed E-state index contributed by atoms with van der Waals surface area (Å²) >= 11 is 4.25. The van der Waals surface area contributed by atoms with E-state index in [9.17, 15) is 4.79 Å². The molecule has 1 aromatic carbocycles. The number of aryl methyl sites for hydroxylation is 1. The Labute approximate surface area is 105 Å². The first-order valence-corrected chi connectivity index (χ1v) is 5.63. The van der Waals surface area contributed by atoms with Crippen molar-refractivity contribution < 1.29 is 4.79 Å². The number of amides is 1. The summed E-state index contributed by atoms with van der Waals surface area (Å²) in [6.45, 7) is 1.92. The predicted molar refractivity (Wildman–Crippen MR) is 70.6 cm³/mol. The normalized spacial score (nSPS) is 10.0. The number of carbonyl (C=O) groups is 1. The Hall–Kier alpha value is -1.81. The quantitative estimate of drug-likeness (QED) is 0.798. The number of nitrogens with one attached hydrogen (secondary N) is 1. The Kier molecular flexibility index (Phi) is 3.44. The van der Waals surface area contributed by atoms with Crippen LogP contribution >= 0.6 is 12.6 Å². The number of thiol groups is 1. The molecule has 0 bridgehead atoms. The molecule has 2 aromatic rings. The fraction of sp³-hybridized carbons (Fsp3) is 0.0769. The Morgan fingerprint density at radius 1 is 1.29 bits per heavy atom. The second kappa shape index (κ2) is 5.01. The molecule has 0 radical (unpaired) electrons. The van der Waals surface area contributed by atoms with Crippen LogP contribution in [0.25, 0.3) is 0 Å². The van der Waals surface area contributed by atoms with E-state index in [4.69, 9.17) is 0 Å². The molecule has 0 aliphatic heterocycles. The van der Waals surface area contributed by atoms with Crippen molar-refractivity contribution >= 4 is 24.2 Å². The lowest BCUT2D eigenvalue weighted by Crippen LogP contribution is -2.13. The van der Waals surface area contributed by atoms with Crippen molar-refractivity contribution in [2.24, 2.45) is 0 Å². The zero-order valence-corrected chi connectivity index (χ0v) is 10.2. The summed E-state index contributed by atoms with van der Waals surface area (Å²) in [7, 11) is 0. The van der Waals surface area contributed by atoms with Crippen molar-refractivity contribution in [3.63, 3.8) is 0 Å². The number of hydrogen-bond acceptors (Lipinski definition) is 3. The number of hydrogen-bond donors (Lipinski definition) is 2. The van der Waals surface area contributed by atoms with E-state index in [1.165, 1.54) is 0 Å². The van der Waals surface area contributed by atoms with E-state index in [2.05, 4.69) is 22.9 Å². The molecular weight excluding hydrogens is 232 g/mol. The molecule has 3 nitrogen and oxygen atoms in total. The summed E-state index contributed by atoms with van der Waals surface area (Å²) in [5.74, 6) is -0.174. The van der Waals surface area contributed by atoms with Crippen molar-refractivity contribution in [3.8, 4) is 0 Å². The van der Waals surface area contributed by atoms with Gasteiger partial charge in [-0.2, -0.15) is 0 Å². The van der Waals surface area contributed by atoms with Gasteiger partial charge in [0.2, 0.25) is 0 Å². The van der Waals surface area contributed by atoms with Gasteiger partial charge in [-0.1, -0.05) is 12.1 Å². The molecule has 0 spiro atoms. The molecule has 0 saturated heterocycles. The van der Waals surface area contributed by atoms with E-state index in [1.54, 1.807) is 24.5 Å². The Morgan fingerprint density at radius 3 is 2.76 bits per heavy atom. The highest BCUT2D eigenvalue weighted by Gasteiger charge is 2.09. The van der Waals surface area contributed by atoms with Crippen molar-refractivity contribution in [1.29, 1.82) is 0 Å². The van der Waals surface area contributed by atoms with Gasteiger partial charge in [-0.3, -0.25) is 9.78 Å². The van der Waals surface area contributed by atoms with Crippen LogP contribution in [0.4, 0.5) is 5.69 Å². The smallest absolute Gasteiger partial charge is 0.256 e. The van der Waals surface area contributed by atoms with E-state index >= 15 is 0 Å². The van der Waals surface area contributed by atoms with E-state index < -0.39 is 0 Å². The van der Waals surface area contributed by atoms with Crippen molar-refractivity contribution in [2.45, 2.75) is 11.8 Å². The number of anilines is 1. The van der Waals surface area contributed by atoms with E-state index in [0.29, 0.717) is 16.1 Å². The number of carbonyl (C=O) groups excluding carboxylic acids is 1. The molecule has 0 aliphatic rings. The van der Waals surface area contributed by atoms with Gasteiger partial charge in [0.1, 0.15) is 0 Å². The average Bonchev–Trinajstić information content (AvgIpc) is 2.32. The minimum absolute atomic E-state index is 0.174. The Balaban J connectivity index is 2.24. The molecule has 17 heavy (non-hydrogen) atoms. The summed E-state index contributed by atoms with van der Waals surface area (Å²) in [6, 6.07) is 9.03. The fourth-order valence-corrected chi connectivity index (χ4v) is 1.71. The molecule has 0 fully saturated rings. The molecule has 2 rings (SSSR count). The van der Waals surface area contributed by atoms with Crippen LogP contribution in [0.1, 0.15) is 15.9 Å². The molecule has 0 unspecified atom stereocenters. The van der Waals surface area contributed by atoms with Crippen LogP contribution in [0, 0.1) is 6.92 Å². The average molecular weight is 244 g/mol. The maximum absolute atomic E-state index is 12.0. The second-order valence-electron chi connectivity index (χ2n) is 3.66. The van der Waals surface area contributed by atoms with Crippen LogP contribution in [-0.4, -0.2) is 10.9 Å². The maximum atomic E-state index is 12.0. The summed E-state index contributed by atoms with van der Waals surface area (Å²) in [5, 5.41) is 2.82. The van der Waals surface area contributed by atoms with Gasteiger partial charge in [-0.15, -0.1) is 12.6 Å². The van der Waals surface area contributed by atoms with E-state index in [1.807, 2.05) is 25.1 Å². The van der Waals surface area contributed by atoms with Gasteiger partial charge in [0.25, 0.3) is 5.91 Å². The van der Waals surface area contributed by atoms with Crippen LogP contribution in [0.3, 0.4) is 0 Å². The van der Waals surface area contributed by atoms with Gasteiger partial charge >= 0.3 is 0 Å². The number of pyridine rings is 1. The zero-order chi connectivity index (χ0) is 12.3. The van der Waals surface area contributed by atoms with Gasteiger partial charge in [-0.25, -0.2) is 0 Å². The minimum atomic E-state index is -0.174. The molecule has 1 amide bonds. The first kappa shape index (κ1) is 11.7. The summed E-state index contributed by atoms with van der Waals surface area (Å²) in [6.07, 6.45) is 3.33. The van der Waals surface area contributed by atoms with Crippen molar-refractivity contribution in [3.05, 3.63) is 53.9 Å². The zero-order valence-electron chi connectivity index (χ0n) is 9.34. The second-order valence-corrected chi connectivity index (χ2v) is 4.14. The summed E-state index contributed by atoms with van der Waals surface area (Å²) in [4.78, 5) is 16.6. The SMILES string of the molecule is Cc1ccncc1NC(=O)c1ccccc1S. The summed E-state index contributed by atoms with van der Waals surface area (Å²) < 4.78 is 0. The predicted octanol–water partition coefficient (Wildman–Crippen LogP) is 2.93. The first-order valence-electron chi connectivity index (χ1n) is 5.18. The van der Waals surface area contributed by atoms with Crippen molar-refractivity contribution in [1.82, 2.24) is 4.98 Å². The third-order valence-electron chi connectivity index (χ3n) is 2.44. The molecule has 4 heteroatoms. The topological polar surface area (TPSA) is 42.0 Å². The van der Waals surface area contributed by atoms with Crippen LogP contribution < -0.4 is 5.32 Å². The Bertz CT molecular complexity index is 555. The highest BCUT2D eigenvalue weighted by atomic mass is 32.1. The van der Waals surface area contributed by atoms with E-state index in [-0.39, 0.29) is 5.91 Å². The van der Waals surface area contributed by atoms with Gasteiger partial charge in [0, 0.05) is 11.1 Å². The van der Waals surface area contributed by atoms with Crippen LogP contribution in [0.2, 0.25) is 0 Å². The van der Waals surface area contributed by atoms with Crippen LogP contribution in [0.15, 0.2) is 47.6 Å². The molecular formula is C13H12N2OS. The fourth-order valence-electron chi connectivity index (χ4n) is 1.45. The largest absolute Gasteiger partial charge is 0.320 e. The highest BCUT2D eigenvalue weighted by molar-refractivity contribution is 7.80. The lowest BCUT2D eigenvalue weighted by Gasteiger charge is -2.08. The van der Waals surface area contributed by atoms with Crippen molar-refractivity contribution in [2.75, 3.05) is 5.32 Å². The third kappa shape index (κ3) is 2.65.